The highest BCUT2D eigenvalue weighted by atomic mass is 16.4. The first-order valence-electron chi connectivity index (χ1n) is 9.16. The van der Waals surface area contributed by atoms with Gasteiger partial charge in [0.15, 0.2) is 0 Å². The van der Waals surface area contributed by atoms with Crippen LogP contribution in [-0.4, -0.2) is 28.6 Å². The molecular weight excluding hydrogens is 304 g/mol. The topological polar surface area (TPSA) is 74.6 Å². The van der Waals surface area contributed by atoms with Crippen molar-refractivity contribution in [2.24, 2.45) is 28.6 Å². The van der Waals surface area contributed by atoms with Crippen molar-refractivity contribution in [1.29, 1.82) is 0 Å². The van der Waals surface area contributed by atoms with Crippen LogP contribution in [0.5, 0.6) is 0 Å². The lowest BCUT2D eigenvalue weighted by atomic mass is 9.45. The lowest BCUT2D eigenvalue weighted by Gasteiger charge is -2.60. The van der Waals surface area contributed by atoms with Crippen molar-refractivity contribution in [3.05, 3.63) is 11.6 Å². The van der Waals surface area contributed by atoms with E-state index in [1.807, 2.05) is 6.92 Å². The van der Waals surface area contributed by atoms with Crippen LogP contribution in [0.25, 0.3) is 0 Å². The Labute approximate surface area is 145 Å². The van der Waals surface area contributed by atoms with E-state index in [-0.39, 0.29) is 28.8 Å². The van der Waals surface area contributed by atoms with Gasteiger partial charge in [0.1, 0.15) is 6.29 Å². The van der Waals surface area contributed by atoms with E-state index in [4.69, 9.17) is 5.11 Å². The Morgan fingerprint density at radius 1 is 1.21 bits per heavy atom. The van der Waals surface area contributed by atoms with Crippen LogP contribution in [0.4, 0.5) is 0 Å². The first-order valence-corrected chi connectivity index (χ1v) is 9.16. The largest absolute Gasteiger partial charge is 0.478 e. The zero-order valence-corrected chi connectivity index (χ0v) is 15.4. The number of aliphatic hydroxyl groups excluding tert-OH is 1. The third kappa shape index (κ3) is 3.44. The summed E-state index contributed by atoms with van der Waals surface area (Å²) >= 11 is 0. The van der Waals surface area contributed by atoms with Gasteiger partial charge in [0.25, 0.3) is 0 Å². The number of hydrogen-bond acceptors (Lipinski definition) is 3. The third-order valence-electron chi connectivity index (χ3n) is 7.06. The zero-order chi connectivity index (χ0) is 18.1. The minimum atomic E-state index is -0.908. The van der Waals surface area contributed by atoms with Gasteiger partial charge < -0.3 is 15.0 Å². The second-order valence-corrected chi connectivity index (χ2v) is 8.79. The number of carboxylic acids is 1. The molecule has 4 nitrogen and oxygen atoms in total. The Kier molecular flexibility index (Phi) is 5.58. The molecule has 0 radical (unpaired) electrons. The van der Waals surface area contributed by atoms with Crippen LogP contribution in [-0.2, 0) is 9.59 Å². The van der Waals surface area contributed by atoms with E-state index in [1.165, 1.54) is 6.08 Å². The number of aliphatic hydroxyl groups is 1. The van der Waals surface area contributed by atoms with E-state index in [0.29, 0.717) is 12.3 Å². The van der Waals surface area contributed by atoms with Crippen molar-refractivity contribution in [2.45, 2.75) is 72.3 Å². The molecule has 2 N–H and O–H groups in total. The highest BCUT2D eigenvalue weighted by Crippen LogP contribution is 2.61. The summed E-state index contributed by atoms with van der Waals surface area (Å²) in [6.07, 6.45) is 7.26. The fourth-order valence-electron chi connectivity index (χ4n) is 5.64. The minimum absolute atomic E-state index is 0.0378. The van der Waals surface area contributed by atoms with Gasteiger partial charge in [-0.25, -0.2) is 4.79 Å². The molecule has 24 heavy (non-hydrogen) atoms. The summed E-state index contributed by atoms with van der Waals surface area (Å²) in [4.78, 5) is 22.5. The lowest BCUT2D eigenvalue weighted by molar-refractivity contribution is -0.155. The highest BCUT2D eigenvalue weighted by Gasteiger charge is 2.56. The molecule has 136 valence electrons. The SMILES string of the molecule is CC(=CC(=O)O)CCC1C(C=O)CCC2C(C)(C)C(O)CCC12C. The number of carbonyl (C=O) groups is 2. The third-order valence-corrected chi connectivity index (χ3v) is 7.06. The summed E-state index contributed by atoms with van der Waals surface area (Å²) in [5.41, 5.74) is 0.758. The Bertz CT molecular complexity index is 522. The molecule has 0 aromatic carbocycles. The Morgan fingerprint density at radius 3 is 2.46 bits per heavy atom. The number of carbonyl (C=O) groups excluding carboxylic acids is 1. The molecule has 2 fully saturated rings. The fraction of sp³-hybridized carbons (Fsp3) is 0.800. The predicted octanol–water partition coefficient (Wildman–Crippen LogP) is 3.83. The minimum Gasteiger partial charge on any atom is -0.478 e. The quantitative estimate of drug-likeness (QED) is 0.591. The van der Waals surface area contributed by atoms with Crippen molar-refractivity contribution in [3.63, 3.8) is 0 Å². The maximum absolute atomic E-state index is 11.7. The Balaban J connectivity index is 2.25. The van der Waals surface area contributed by atoms with E-state index >= 15 is 0 Å². The van der Waals surface area contributed by atoms with Gasteiger partial charge in [0.2, 0.25) is 0 Å². The van der Waals surface area contributed by atoms with Gasteiger partial charge in [-0.1, -0.05) is 26.3 Å². The highest BCUT2D eigenvalue weighted by molar-refractivity contribution is 5.80. The molecular formula is C20H32O4. The van der Waals surface area contributed by atoms with Crippen LogP contribution in [0.2, 0.25) is 0 Å². The van der Waals surface area contributed by atoms with Crippen LogP contribution in [0.3, 0.4) is 0 Å². The standard InChI is InChI=1S/C20H32O4/c1-13(11-18(23)24)5-7-15-14(12-21)6-8-16-19(2,3)17(22)9-10-20(15,16)4/h11-12,14-17,22H,5-10H2,1-4H3,(H,23,24). The monoisotopic (exact) mass is 336 g/mol. The average Bonchev–Trinajstić information content (AvgIpc) is 2.48. The molecule has 2 saturated carbocycles. The average molecular weight is 336 g/mol. The van der Waals surface area contributed by atoms with Crippen LogP contribution in [0.15, 0.2) is 11.6 Å². The van der Waals surface area contributed by atoms with Gasteiger partial charge in [-0.2, -0.15) is 0 Å². The molecule has 5 atom stereocenters. The predicted molar refractivity (Wildman–Crippen MR) is 93.5 cm³/mol. The van der Waals surface area contributed by atoms with Crippen LogP contribution >= 0.6 is 0 Å². The van der Waals surface area contributed by atoms with Crippen molar-refractivity contribution >= 4 is 12.3 Å². The lowest BCUT2D eigenvalue weighted by Crippen LogP contribution is -2.56. The van der Waals surface area contributed by atoms with Crippen LogP contribution in [0.1, 0.15) is 66.2 Å². The van der Waals surface area contributed by atoms with Crippen LogP contribution < -0.4 is 0 Å². The molecule has 0 spiro atoms. The molecule has 2 aliphatic carbocycles. The van der Waals surface area contributed by atoms with E-state index < -0.39 is 5.97 Å². The summed E-state index contributed by atoms with van der Waals surface area (Å²) in [6, 6.07) is 0. The zero-order valence-electron chi connectivity index (χ0n) is 15.4. The second-order valence-electron chi connectivity index (χ2n) is 8.79. The molecule has 4 heteroatoms. The molecule has 0 aromatic rings. The number of hydrogen-bond donors (Lipinski definition) is 2. The molecule has 0 amide bonds. The van der Waals surface area contributed by atoms with E-state index in [2.05, 4.69) is 20.8 Å². The molecule has 5 unspecified atom stereocenters. The summed E-state index contributed by atoms with van der Waals surface area (Å²) in [6.45, 7) is 8.46. The second kappa shape index (κ2) is 6.99. The first-order chi connectivity index (χ1) is 11.1. The first kappa shape index (κ1) is 19.2. The van der Waals surface area contributed by atoms with Gasteiger partial charge >= 0.3 is 5.97 Å². The summed E-state index contributed by atoms with van der Waals surface area (Å²) in [7, 11) is 0. The fourth-order valence-corrected chi connectivity index (χ4v) is 5.64. The molecule has 0 aromatic heterocycles. The van der Waals surface area contributed by atoms with Gasteiger partial charge in [-0.3, -0.25) is 0 Å². The number of aliphatic carboxylic acids is 1. The molecule has 0 aliphatic heterocycles. The molecule has 2 aliphatic rings. The van der Waals surface area contributed by atoms with E-state index in [1.54, 1.807) is 0 Å². The molecule has 0 bridgehead atoms. The number of fused-ring (bicyclic) bond motifs is 1. The molecule has 0 saturated heterocycles. The van der Waals surface area contributed by atoms with Gasteiger partial charge in [-0.15, -0.1) is 0 Å². The number of aldehydes is 1. The van der Waals surface area contributed by atoms with Gasteiger partial charge in [-0.05, 0) is 68.1 Å². The van der Waals surface area contributed by atoms with Gasteiger partial charge in [0.05, 0.1) is 6.10 Å². The number of rotatable bonds is 5. The maximum Gasteiger partial charge on any atom is 0.328 e. The normalized spacial score (nSPS) is 39.1. The van der Waals surface area contributed by atoms with Crippen molar-refractivity contribution < 1.29 is 19.8 Å². The molecule has 2 rings (SSSR count). The Morgan fingerprint density at radius 2 is 1.88 bits per heavy atom. The van der Waals surface area contributed by atoms with Crippen molar-refractivity contribution in [1.82, 2.24) is 0 Å². The number of carboxylic acid groups (broad SMARTS) is 1. The van der Waals surface area contributed by atoms with E-state index in [0.717, 1.165) is 44.0 Å². The smallest absolute Gasteiger partial charge is 0.328 e. The number of allylic oxidation sites excluding steroid dienone is 1. The maximum atomic E-state index is 11.7. The van der Waals surface area contributed by atoms with Crippen LogP contribution in [0, 0.1) is 28.6 Å². The summed E-state index contributed by atoms with van der Waals surface area (Å²) in [5, 5.41) is 19.4. The summed E-state index contributed by atoms with van der Waals surface area (Å²) < 4.78 is 0. The molecule has 0 heterocycles. The van der Waals surface area contributed by atoms with Crippen molar-refractivity contribution in [3.8, 4) is 0 Å². The summed E-state index contributed by atoms with van der Waals surface area (Å²) in [5.74, 6) is -0.194. The van der Waals surface area contributed by atoms with Crippen molar-refractivity contribution in [2.75, 3.05) is 0 Å². The van der Waals surface area contributed by atoms with E-state index in [9.17, 15) is 14.7 Å². The Hall–Kier alpha value is -1.16. The van der Waals surface area contributed by atoms with Gasteiger partial charge in [0, 0.05) is 12.0 Å².